The molecule has 0 atom stereocenters. The maximum atomic E-state index is 13.4. The Hall–Kier alpha value is -2.74. The van der Waals surface area contributed by atoms with E-state index in [0.717, 1.165) is 12.1 Å². The Morgan fingerprint density at radius 2 is 1.68 bits per heavy atom. The van der Waals surface area contributed by atoms with E-state index in [1.54, 1.807) is 0 Å². The van der Waals surface area contributed by atoms with E-state index in [9.17, 15) is 18.0 Å². The Labute approximate surface area is 125 Å². The van der Waals surface area contributed by atoms with Gasteiger partial charge in [0.15, 0.2) is 17.5 Å². The van der Waals surface area contributed by atoms with Crippen molar-refractivity contribution in [3.8, 4) is 12.1 Å². The molecule has 0 saturated heterocycles. The number of carbonyl (C=O) groups excluding carboxylic acids is 1. The van der Waals surface area contributed by atoms with E-state index in [1.807, 2.05) is 12.1 Å². The molecule has 0 spiro atoms. The minimum absolute atomic E-state index is 0.0940. The van der Waals surface area contributed by atoms with Gasteiger partial charge in [0.2, 0.25) is 5.91 Å². The van der Waals surface area contributed by atoms with Crippen LogP contribution in [-0.2, 0) is 4.79 Å². The summed E-state index contributed by atoms with van der Waals surface area (Å²) >= 11 is 0. The molecule has 1 aromatic rings. The van der Waals surface area contributed by atoms with Crippen LogP contribution < -0.4 is 5.32 Å². The zero-order valence-electron chi connectivity index (χ0n) is 11.6. The van der Waals surface area contributed by atoms with Crippen LogP contribution in [0.25, 0.3) is 0 Å². The van der Waals surface area contributed by atoms with Gasteiger partial charge in [-0.25, -0.2) is 13.2 Å². The Morgan fingerprint density at radius 3 is 2.23 bits per heavy atom. The summed E-state index contributed by atoms with van der Waals surface area (Å²) in [4.78, 5) is 13.2. The molecule has 8 heteroatoms. The van der Waals surface area contributed by atoms with E-state index in [-0.39, 0.29) is 38.2 Å². The number of nitrogens with one attached hydrogen (secondary N) is 1. The molecule has 0 fully saturated rings. The third-order valence-electron chi connectivity index (χ3n) is 2.81. The molecular formula is C14H13F3N4O. The van der Waals surface area contributed by atoms with E-state index >= 15 is 0 Å². The molecule has 22 heavy (non-hydrogen) atoms. The van der Waals surface area contributed by atoms with Crippen molar-refractivity contribution in [3.63, 3.8) is 0 Å². The number of nitriles is 2. The van der Waals surface area contributed by atoms with E-state index in [1.165, 1.54) is 4.90 Å². The first kappa shape index (κ1) is 17.3. The van der Waals surface area contributed by atoms with Crippen LogP contribution in [0.2, 0.25) is 0 Å². The smallest absolute Gasteiger partial charge is 0.241 e. The minimum atomic E-state index is -1.62. The summed E-state index contributed by atoms with van der Waals surface area (Å²) in [6, 6.07) is 5.48. The van der Waals surface area contributed by atoms with Crippen LogP contribution >= 0.6 is 0 Å². The maximum absolute atomic E-state index is 13.4. The molecule has 116 valence electrons. The zero-order valence-corrected chi connectivity index (χ0v) is 11.6. The molecule has 1 rings (SSSR count). The maximum Gasteiger partial charge on any atom is 0.241 e. The summed E-state index contributed by atoms with van der Waals surface area (Å²) in [5, 5.41) is 19.4. The summed E-state index contributed by atoms with van der Waals surface area (Å²) < 4.78 is 39.3. The average molecular weight is 310 g/mol. The highest BCUT2D eigenvalue weighted by Gasteiger charge is 2.16. The van der Waals surface area contributed by atoms with Crippen LogP contribution in [0.1, 0.15) is 12.8 Å². The van der Waals surface area contributed by atoms with Crippen LogP contribution in [0.5, 0.6) is 0 Å². The fourth-order valence-electron chi connectivity index (χ4n) is 1.68. The number of anilines is 1. The SMILES string of the molecule is N#CCCN(CCC#N)C(=O)CNc1ccc(F)c(F)c1F. The summed E-state index contributed by atoms with van der Waals surface area (Å²) in [6.45, 7) is -0.0865. The van der Waals surface area contributed by atoms with Gasteiger partial charge in [-0.1, -0.05) is 0 Å². The van der Waals surface area contributed by atoms with Crippen LogP contribution in [-0.4, -0.2) is 30.4 Å². The molecule has 0 aliphatic heterocycles. The molecule has 1 N–H and O–H groups in total. The summed E-state index contributed by atoms with van der Waals surface area (Å²) in [5.74, 6) is -4.83. The number of rotatable bonds is 7. The molecule has 0 aromatic heterocycles. The predicted molar refractivity (Wildman–Crippen MR) is 71.8 cm³/mol. The fourth-order valence-corrected chi connectivity index (χ4v) is 1.68. The van der Waals surface area contributed by atoms with Crippen molar-refractivity contribution in [2.45, 2.75) is 12.8 Å². The molecule has 0 unspecified atom stereocenters. The van der Waals surface area contributed by atoms with E-state index < -0.39 is 23.4 Å². The second kappa shape index (κ2) is 8.53. The normalized spacial score (nSPS) is 9.68. The largest absolute Gasteiger partial charge is 0.374 e. The lowest BCUT2D eigenvalue weighted by molar-refractivity contribution is -0.129. The Kier molecular flexibility index (Phi) is 6.71. The molecule has 5 nitrogen and oxygen atoms in total. The number of halogens is 3. The monoisotopic (exact) mass is 310 g/mol. The molecular weight excluding hydrogens is 297 g/mol. The van der Waals surface area contributed by atoms with Gasteiger partial charge >= 0.3 is 0 Å². The van der Waals surface area contributed by atoms with Crippen LogP contribution in [0.3, 0.4) is 0 Å². The zero-order chi connectivity index (χ0) is 16.5. The van der Waals surface area contributed by atoms with Gasteiger partial charge in [-0.3, -0.25) is 4.79 Å². The summed E-state index contributed by atoms with van der Waals surface area (Å²) in [7, 11) is 0. The van der Waals surface area contributed by atoms with Crippen molar-refractivity contribution < 1.29 is 18.0 Å². The lowest BCUT2D eigenvalue weighted by Crippen LogP contribution is -2.37. The van der Waals surface area contributed by atoms with E-state index in [2.05, 4.69) is 5.32 Å². The Balaban J connectivity index is 2.68. The quantitative estimate of drug-likeness (QED) is 0.783. The van der Waals surface area contributed by atoms with Gasteiger partial charge in [-0.2, -0.15) is 10.5 Å². The third-order valence-corrected chi connectivity index (χ3v) is 2.81. The first-order valence-electron chi connectivity index (χ1n) is 6.40. The van der Waals surface area contributed by atoms with Crippen molar-refractivity contribution in [2.75, 3.05) is 25.0 Å². The second-order valence-electron chi connectivity index (χ2n) is 4.27. The summed E-state index contributed by atoms with van der Waals surface area (Å²) in [5.41, 5.74) is -0.340. The lowest BCUT2D eigenvalue weighted by atomic mass is 10.2. The average Bonchev–Trinajstić information content (AvgIpc) is 2.52. The predicted octanol–water partition coefficient (Wildman–Crippen LogP) is 2.17. The van der Waals surface area contributed by atoms with Crippen molar-refractivity contribution in [1.29, 1.82) is 10.5 Å². The fraction of sp³-hybridized carbons (Fsp3) is 0.357. The number of carbonyl (C=O) groups is 1. The van der Waals surface area contributed by atoms with Crippen molar-refractivity contribution in [2.24, 2.45) is 0 Å². The number of hydrogen-bond acceptors (Lipinski definition) is 4. The van der Waals surface area contributed by atoms with Crippen LogP contribution in [0.15, 0.2) is 12.1 Å². The van der Waals surface area contributed by atoms with Gasteiger partial charge in [0.05, 0.1) is 37.2 Å². The Bertz CT molecular complexity index is 604. The number of nitrogens with zero attached hydrogens (tertiary/aromatic N) is 3. The molecule has 0 saturated carbocycles. The highest BCUT2D eigenvalue weighted by molar-refractivity contribution is 5.81. The lowest BCUT2D eigenvalue weighted by Gasteiger charge is -2.21. The molecule has 0 radical (unpaired) electrons. The van der Waals surface area contributed by atoms with Crippen molar-refractivity contribution in [1.82, 2.24) is 4.90 Å². The van der Waals surface area contributed by atoms with Gasteiger partial charge in [0, 0.05) is 13.1 Å². The number of benzene rings is 1. The van der Waals surface area contributed by atoms with Gasteiger partial charge in [-0.15, -0.1) is 0 Å². The standard InChI is InChI=1S/C14H13F3N4O/c15-10-3-4-11(14(17)13(10)16)20-9-12(22)21(7-1-5-18)8-2-6-19/h3-4,20H,1-2,7-9H2. The molecule has 1 amide bonds. The van der Waals surface area contributed by atoms with Crippen LogP contribution in [0, 0.1) is 40.1 Å². The van der Waals surface area contributed by atoms with Gasteiger partial charge in [0.25, 0.3) is 0 Å². The molecule has 0 heterocycles. The summed E-state index contributed by atoms with van der Waals surface area (Å²) in [6.07, 6.45) is 0.188. The molecule has 0 bridgehead atoms. The van der Waals surface area contributed by atoms with Gasteiger partial charge in [0.1, 0.15) is 0 Å². The van der Waals surface area contributed by atoms with Crippen molar-refractivity contribution >= 4 is 11.6 Å². The Morgan fingerprint density at radius 1 is 1.09 bits per heavy atom. The van der Waals surface area contributed by atoms with E-state index in [0.29, 0.717) is 0 Å². The highest BCUT2D eigenvalue weighted by Crippen LogP contribution is 2.19. The topological polar surface area (TPSA) is 79.9 Å². The van der Waals surface area contributed by atoms with Gasteiger partial charge < -0.3 is 10.2 Å². The molecule has 0 aliphatic rings. The number of hydrogen-bond donors (Lipinski definition) is 1. The van der Waals surface area contributed by atoms with Gasteiger partial charge in [-0.05, 0) is 12.1 Å². The highest BCUT2D eigenvalue weighted by atomic mass is 19.2. The first-order valence-corrected chi connectivity index (χ1v) is 6.40. The first-order chi connectivity index (χ1) is 10.5. The third kappa shape index (κ3) is 4.67. The second-order valence-corrected chi connectivity index (χ2v) is 4.27. The minimum Gasteiger partial charge on any atom is -0.374 e. The van der Waals surface area contributed by atoms with Crippen molar-refractivity contribution in [3.05, 3.63) is 29.6 Å². The molecule has 1 aromatic carbocycles. The van der Waals surface area contributed by atoms with E-state index in [4.69, 9.17) is 10.5 Å². The molecule has 0 aliphatic carbocycles. The number of amides is 1. The van der Waals surface area contributed by atoms with Crippen LogP contribution in [0.4, 0.5) is 18.9 Å².